The third-order valence-electron chi connectivity index (χ3n) is 4.67. The van der Waals surface area contributed by atoms with Crippen molar-refractivity contribution < 1.29 is 14.3 Å². The Morgan fingerprint density at radius 1 is 1.03 bits per heavy atom. The van der Waals surface area contributed by atoms with Gasteiger partial charge in [-0.05, 0) is 61.7 Å². The topological polar surface area (TPSA) is 83.0 Å². The number of benzene rings is 2. The van der Waals surface area contributed by atoms with Gasteiger partial charge in [-0.3, -0.25) is 9.59 Å². The van der Waals surface area contributed by atoms with E-state index in [4.69, 9.17) is 4.74 Å². The molecule has 7 nitrogen and oxygen atoms in total. The number of nitrogens with zero attached hydrogens (tertiary/aromatic N) is 2. The van der Waals surface area contributed by atoms with E-state index in [1.807, 2.05) is 54.3 Å². The number of anilines is 1. The molecule has 29 heavy (non-hydrogen) atoms. The first kappa shape index (κ1) is 20.4. The minimum Gasteiger partial charge on any atom is -0.484 e. The van der Waals surface area contributed by atoms with Gasteiger partial charge in [0.15, 0.2) is 6.61 Å². The number of carbonyl (C=O) groups is 2. The minimum atomic E-state index is -0.228. The Hall–Kier alpha value is -3.35. The van der Waals surface area contributed by atoms with Gasteiger partial charge in [0, 0.05) is 18.8 Å². The van der Waals surface area contributed by atoms with Gasteiger partial charge in [-0.15, -0.1) is 0 Å². The zero-order valence-corrected chi connectivity index (χ0v) is 16.6. The minimum absolute atomic E-state index is 0.0242. The Bertz CT molecular complexity index is 844. The van der Waals surface area contributed by atoms with Crippen molar-refractivity contribution in [2.45, 2.75) is 19.8 Å². The SMILES string of the molecule is C/C(=N/NC(=O)CNc1ccccc1)c1ccc(OCC(=O)N2CCCC2)cc1. The van der Waals surface area contributed by atoms with Crippen molar-refractivity contribution in [1.29, 1.82) is 0 Å². The van der Waals surface area contributed by atoms with Gasteiger partial charge in [-0.25, -0.2) is 5.43 Å². The molecule has 0 saturated carbocycles. The maximum atomic E-state index is 12.0. The second-order valence-corrected chi connectivity index (χ2v) is 6.85. The number of amides is 2. The van der Waals surface area contributed by atoms with E-state index in [1.54, 1.807) is 12.1 Å². The molecule has 7 heteroatoms. The zero-order chi connectivity index (χ0) is 20.5. The highest BCUT2D eigenvalue weighted by atomic mass is 16.5. The second-order valence-electron chi connectivity index (χ2n) is 6.85. The van der Waals surface area contributed by atoms with Crippen LogP contribution in [-0.2, 0) is 9.59 Å². The largest absolute Gasteiger partial charge is 0.484 e. The van der Waals surface area contributed by atoms with Crippen molar-refractivity contribution in [3.8, 4) is 5.75 Å². The fourth-order valence-corrected chi connectivity index (χ4v) is 2.98. The van der Waals surface area contributed by atoms with Crippen molar-refractivity contribution in [2.24, 2.45) is 5.10 Å². The summed E-state index contributed by atoms with van der Waals surface area (Å²) in [5, 5.41) is 7.17. The molecule has 3 rings (SSSR count). The molecule has 2 amide bonds. The second kappa shape index (κ2) is 10.3. The average Bonchev–Trinajstić information content (AvgIpc) is 3.30. The summed E-state index contributed by atoms with van der Waals surface area (Å²) in [6, 6.07) is 16.8. The van der Waals surface area contributed by atoms with Crippen LogP contribution < -0.4 is 15.5 Å². The van der Waals surface area contributed by atoms with Crippen LogP contribution in [0.2, 0.25) is 0 Å². The maximum absolute atomic E-state index is 12.0. The fourth-order valence-electron chi connectivity index (χ4n) is 2.98. The fraction of sp³-hybridized carbons (Fsp3) is 0.318. The summed E-state index contributed by atoms with van der Waals surface area (Å²) in [6.45, 7) is 3.65. The van der Waals surface area contributed by atoms with Gasteiger partial charge in [0.05, 0.1) is 12.3 Å². The number of likely N-dealkylation sites (tertiary alicyclic amines) is 1. The molecule has 0 bridgehead atoms. The lowest BCUT2D eigenvalue weighted by Crippen LogP contribution is -2.32. The summed E-state index contributed by atoms with van der Waals surface area (Å²) in [7, 11) is 0. The van der Waals surface area contributed by atoms with Gasteiger partial charge in [0.1, 0.15) is 5.75 Å². The predicted molar refractivity (Wildman–Crippen MR) is 113 cm³/mol. The molecular weight excluding hydrogens is 368 g/mol. The quantitative estimate of drug-likeness (QED) is 0.533. The molecule has 1 saturated heterocycles. The van der Waals surface area contributed by atoms with E-state index >= 15 is 0 Å². The standard InChI is InChI=1S/C22H26N4O3/c1-17(24-25-21(27)15-23-19-7-3-2-4-8-19)18-9-11-20(12-10-18)29-16-22(28)26-13-5-6-14-26/h2-4,7-12,23H,5-6,13-16H2,1H3,(H,25,27)/b24-17-. The summed E-state index contributed by atoms with van der Waals surface area (Å²) in [6.07, 6.45) is 2.13. The Balaban J connectivity index is 1.44. The normalized spacial score (nSPS) is 13.8. The van der Waals surface area contributed by atoms with Gasteiger partial charge in [-0.1, -0.05) is 18.2 Å². The Morgan fingerprint density at radius 2 is 1.72 bits per heavy atom. The maximum Gasteiger partial charge on any atom is 0.260 e. The van der Waals surface area contributed by atoms with Gasteiger partial charge < -0.3 is 15.0 Å². The van der Waals surface area contributed by atoms with E-state index in [-0.39, 0.29) is 25.0 Å². The third kappa shape index (κ3) is 6.34. The molecule has 1 heterocycles. The molecule has 1 fully saturated rings. The first-order valence-electron chi connectivity index (χ1n) is 9.75. The first-order chi connectivity index (χ1) is 14.1. The van der Waals surface area contributed by atoms with Crippen LogP contribution in [0, 0.1) is 0 Å². The number of nitrogens with one attached hydrogen (secondary N) is 2. The highest BCUT2D eigenvalue weighted by Gasteiger charge is 2.18. The Morgan fingerprint density at radius 3 is 2.41 bits per heavy atom. The highest BCUT2D eigenvalue weighted by Crippen LogP contribution is 2.14. The van der Waals surface area contributed by atoms with Crippen LogP contribution in [0.4, 0.5) is 5.69 Å². The van der Waals surface area contributed by atoms with E-state index in [1.165, 1.54) is 0 Å². The summed E-state index contributed by atoms with van der Waals surface area (Å²) in [4.78, 5) is 25.8. The van der Waals surface area contributed by atoms with E-state index in [0.29, 0.717) is 11.5 Å². The number of rotatable bonds is 8. The van der Waals surface area contributed by atoms with Crippen molar-refractivity contribution in [3.05, 3.63) is 60.2 Å². The molecule has 0 aliphatic carbocycles. The molecule has 1 aliphatic rings. The van der Waals surface area contributed by atoms with E-state index in [9.17, 15) is 9.59 Å². The molecule has 2 aromatic rings. The van der Waals surface area contributed by atoms with Crippen molar-refractivity contribution >= 4 is 23.2 Å². The zero-order valence-electron chi connectivity index (χ0n) is 16.6. The van der Waals surface area contributed by atoms with Crippen LogP contribution in [0.3, 0.4) is 0 Å². The van der Waals surface area contributed by atoms with Crippen LogP contribution in [-0.4, -0.2) is 48.7 Å². The molecule has 0 spiro atoms. The Labute approximate surface area is 170 Å². The van der Waals surface area contributed by atoms with Crippen molar-refractivity contribution in [1.82, 2.24) is 10.3 Å². The van der Waals surface area contributed by atoms with E-state index < -0.39 is 0 Å². The van der Waals surface area contributed by atoms with Gasteiger partial charge in [-0.2, -0.15) is 5.10 Å². The van der Waals surface area contributed by atoms with E-state index in [2.05, 4.69) is 15.8 Å². The predicted octanol–water partition coefficient (Wildman–Crippen LogP) is 2.64. The van der Waals surface area contributed by atoms with Gasteiger partial charge in [0.2, 0.25) is 0 Å². The van der Waals surface area contributed by atoms with Crippen molar-refractivity contribution in [2.75, 3.05) is 31.6 Å². The summed E-state index contributed by atoms with van der Waals surface area (Å²) in [5.41, 5.74) is 4.96. The lowest BCUT2D eigenvalue weighted by atomic mass is 10.1. The average molecular weight is 394 g/mol. The van der Waals surface area contributed by atoms with Crippen LogP contribution in [0.1, 0.15) is 25.3 Å². The number of carbonyl (C=O) groups excluding carboxylic acids is 2. The smallest absolute Gasteiger partial charge is 0.260 e. The number of hydrazone groups is 1. The highest BCUT2D eigenvalue weighted by molar-refractivity contribution is 5.99. The molecular formula is C22H26N4O3. The van der Waals surface area contributed by atoms with Crippen LogP contribution >= 0.6 is 0 Å². The molecule has 2 N–H and O–H groups in total. The first-order valence-corrected chi connectivity index (χ1v) is 9.75. The number of hydrogen-bond acceptors (Lipinski definition) is 5. The number of ether oxygens (including phenoxy) is 1. The molecule has 0 radical (unpaired) electrons. The monoisotopic (exact) mass is 394 g/mol. The Kier molecular flexibility index (Phi) is 7.22. The molecule has 1 aliphatic heterocycles. The lowest BCUT2D eigenvalue weighted by molar-refractivity contribution is -0.132. The third-order valence-corrected chi connectivity index (χ3v) is 4.67. The number of hydrogen-bond donors (Lipinski definition) is 2. The summed E-state index contributed by atoms with van der Waals surface area (Å²) in [5.74, 6) is 0.426. The number of para-hydroxylation sites is 1. The summed E-state index contributed by atoms with van der Waals surface area (Å²) < 4.78 is 5.58. The molecule has 0 unspecified atom stereocenters. The lowest BCUT2D eigenvalue weighted by Gasteiger charge is -2.15. The molecule has 2 aromatic carbocycles. The van der Waals surface area contributed by atoms with Crippen LogP contribution in [0.5, 0.6) is 5.75 Å². The van der Waals surface area contributed by atoms with Crippen molar-refractivity contribution in [3.63, 3.8) is 0 Å². The van der Waals surface area contributed by atoms with Gasteiger partial charge in [0.25, 0.3) is 11.8 Å². The molecule has 0 aromatic heterocycles. The van der Waals surface area contributed by atoms with E-state index in [0.717, 1.165) is 37.2 Å². The van der Waals surface area contributed by atoms with Crippen LogP contribution in [0.15, 0.2) is 59.7 Å². The summed E-state index contributed by atoms with van der Waals surface area (Å²) >= 11 is 0. The van der Waals surface area contributed by atoms with Crippen LogP contribution in [0.25, 0.3) is 0 Å². The molecule has 0 atom stereocenters. The molecule has 152 valence electrons. The van der Waals surface area contributed by atoms with Gasteiger partial charge >= 0.3 is 0 Å².